The number of nitrogens with zero attached hydrogens (tertiary/aromatic N) is 1. The van der Waals surface area contributed by atoms with Gasteiger partial charge in [-0.05, 0) is 69.9 Å². The fraction of sp³-hybridized carbons (Fsp3) is 0.538. The van der Waals surface area contributed by atoms with Crippen LogP contribution < -0.4 is 26.3 Å². The quantitative estimate of drug-likeness (QED) is 0.481. The van der Waals surface area contributed by atoms with Gasteiger partial charge in [-0.1, -0.05) is 0 Å². The molecular weight excluding hydrogens is 480 g/mol. The number of H-pyrrole nitrogens is 1. The predicted molar refractivity (Wildman–Crippen MR) is 137 cm³/mol. The van der Waals surface area contributed by atoms with Crippen molar-refractivity contribution in [3.63, 3.8) is 0 Å². The molecule has 1 saturated carbocycles. The summed E-state index contributed by atoms with van der Waals surface area (Å²) >= 11 is 1.26. The molecule has 3 aliphatic rings. The number of aromatic nitrogens is 1. The minimum atomic E-state index is -2.39. The van der Waals surface area contributed by atoms with Crippen molar-refractivity contribution in [2.75, 3.05) is 19.5 Å². The van der Waals surface area contributed by atoms with E-state index in [4.69, 9.17) is 22.9 Å². The van der Waals surface area contributed by atoms with Crippen LogP contribution in [0.4, 0.5) is 0 Å². The maximum Gasteiger partial charge on any atom is 0.252 e. The number of nitrogens with two attached hydrogens (primary N) is 1. The van der Waals surface area contributed by atoms with E-state index in [-0.39, 0.29) is 34.2 Å². The standard InChI is InChI=1S/C26H34N4O5S/c1-15-12-23(36-2)21(26(32)28-15)13-20-19(25(27)31)9-10-22-24(20)35-30(34-22)18-7-5-16(6-8-18)29-17-4-3-11-33-14-17/h9-10,12,16-18,29H,3-8,11,13-14H2,1-2H3,(H2,27,31)(H,28,32)/i13D2. The van der Waals surface area contributed by atoms with Gasteiger partial charge < -0.3 is 30.4 Å². The first-order valence-corrected chi connectivity index (χ1v) is 13.7. The molecular formula is C26H34N4O5S. The lowest BCUT2D eigenvalue weighted by molar-refractivity contribution is -0.260. The molecule has 1 saturated heterocycles. The lowest BCUT2D eigenvalue weighted by Gasteiger charge is -2.35. The van der Waals surface area contributed by atoms with E-state index in [1.807, 2.05) is 0 Å². The fourth-order valence-corrected chi connectivity index (χ4v) is 5.77. The number of amides is 1. The summed E-state index contributed by atoms with van der Waals surface area (Å²) in [7, 11) is 0. The first-order valence-electron chi connectivity index (χ1n) is 13.4. The van der Waals surface area contributed by atoms with Crippen molar-refractivity contribution in [3.8, 4) is 11.5 Å². The Balaban J connectivity index is 1.40. The Hall–Kier alpha value is -2.53. The number of nitrogens with one attached hydrogen (secondary N) is 2. The molecule has 36 heavy (non-hydrogen) atoms. The number of carbonyl (C=O) groups is 1. The number of primary amides is 1. The fourth-order valence-electron chi connectivity index (χ4n) is 5.13. The minimum absolute atomic E-state index is 0.0525. The zero-order chi connectivity index (χ0) is 27.0. The van der Waals surface area contributed by atoms with Gasteiger partial charge in [0, 0.05) is 60.3 Å². The molecule has 1 amide bonds. The number of fused-ring (bicyclic) bond motifs is 1. The monoisotopic (exact) mass is 516 g/mol. The summed E-state index contributed by atoms with van der Waals surface area (Å²) in [4.78, 5) is 40.7. The number of hydrogen-bond donors (Lipinski definition) is 3. The Labute approximate surface area is 217 Å². The van der Waals surface area contributed by atoms with Crippen molar-refractivity contribution in [2.45, 2.75) is 74.8 Å². The second kappa shape index (κ2) is 10.8. The highest BCUT2D eigenvalue weighted by atomic mass is 32.2. The largest absolute Gasteiger partial charge is 0.380 e. The smallest absolute Gasteiger partial charge is 0.252 e. The number of ether oxygens (including phenoxy) is 1. The Morgan fingerprint density at radius 1 is 1.22 bits per heavy atom. The van der Waals surface area contributed by atoms with Crippen LogP contribution in [-0.2, 0) is 11.1 Å². The number of pyridine rings is 1. The van der Waals surface area contributed by atoms with E-state index < -0.39 is 17.8 Å². The first-order chi connectivity index (χ1) is 18.2. The van der Waals surface area contributed by atoms with Crippen LogP contribution >= 0.6 is 11.8 Å². The van der Waals surface area contributed by atoms with Gasteiger partial charge in [-0.3, -0.25) is 9.59 Å². The second-order valence-corrected chi connectivity index (χ2v) is 10.4. The molecule has 1 unspecified atom stereocenters. The number of aromatic amines is 1. The lowest BCUT2D eigenvalue weighted by Crippen LogP contribution is -2.48. The van der Waals surface area contributed by atoms with E-state index in [2.05, 4.69) is 10.3 Å². The summed E-state index contributed by atoms with van der Waals surface area (Å²) in [5.74, 6) is -0.470. The molecule has 3 heterocycles. The van der Waals surface area contributed by atoms with E-state index in [0.29, 0.717) is 22.7 Å². The summed E-state index contributed by atoms with van der Waals surface area (Å²) in [6.07, 6.45) is 5.11. The van der Waals surface area contributed by atoms with Crippen LogP contribution in [-0.4, -0.2) is 53.7 Å². The molecule has 2 aliphatic heterocycles. The Morgan fingerprint density at radius 2 is 2.03 bits per heavy atom. The Kier molecular flexibility index (Phi) is 6.82. The topological polar surface area (TPSA) is 119 Å². The molecule has 2 fully saturated rings. The van der Waals surface area contributed by atoms with Crippen molar-refractivity contribution >= 4 is 17.7 Å². The zero-order valence-corrected chi connectivity index (χ0v) is 21.4. The summed E-state index contributed by atoms with van der Waals surface area (Å²) in [6, 6.07) is 5.43. The second-order valence-electron chi connectivity index (χ2n) is 9.58. The van der Waals surface area contributed by atoms with Gasteiger partial charge in [-0.15, -0.1) is 11.8 Å². The van der Waals surface area contributed by atoms with Crippen molar-refractivity contribution in [1.29, 1.82) is 0 Å². The number of thioether (sulfide) groups is 1. The summed E-state index contributed by atoms with van der Waals surface area (Å²) in [5.41, 5.74) is 5.43. The highest BCUT2D eigenvalue weighted by molar-refractivity contribution is 7.98. The Bertz CT molecular complexity index is 1260. The van der Waals surface area contributed by atoms with Crippen LogP contribution in [0, 0.1) is 6.92 Å². The van der Waals surface area contributed by atoms with Crippen LogP contribution in [0.25, 0.3) is 0 Å². The molecule has 0 radical (unpaired) electrons. The molecule has 9 nitrogen and oxygen atoms in total. The molecule has 1 aromatic carbocycles. The first kappa shape index (κ1) is 22.7. The highest BCUT2D eigenvalue weighted by Crippen LogP contribution is 2.42. The van der Waals surface area contributed by atoms with Gasteiger partial charge in [0.15, 0.2) is 5.75 Å². The number of benzene rings is 1. The molecule has 1 aliphatic carbocycles. The molecule has 10 heteroatoms. The molecule has 4 N–H and O–H groups in total. The summed E-state index contributed by atoms with van der Waals surface area (Å²) < 4.78 is 23.7. The third-order valence-corrected chi connectivity index (χ3v) is 7.75. The summed E-state index contributed by atoms with van der Waals surface area (Å²) in [6.45, 7) is 3.32. The number of hydroxylamine groups is 2. The molecule has 1 aromatic heterocycles. The van der Waals surface area contributed by atoms with Gasteiger partial charge in [0.2, 0.25) is 11.7 Å². The van der Waals surface area contributed by atoms with Crippen molar-refractivity contribution in [1.82, 2.24) is 15.5 Å². The van der Waals surface area contributed by atoms with Crippen LogP contribution in [0.15, 0.2) is 27.9 Å². The van der Waals surface area contributed by atoms with Crippen LogP contribution in [0.3, 0.4) is 0 Å². The van der Waals surface area contributed by atoms with Gasteiger partial charge in [0.1, 0.15) is 0 Å². The Morgan fingerprint density at radius 3 is 2.72 bits per heavy atom. The number of aryl methyl sites for hydroxylation is 1. The van der Waals surface area contributed by atoms with Gasteiger partial charge in [-0.2, -0.15) is 0 Å². The predicted octanol–water partition coefficient (Wildman–Crippen LogP) is 3.08. The van der Waals surface area contributed by atoms with E-state index in [1.165, 1.54) is 23.1 Å². The molecule has 0 spiro atoms. The van der Waals surface area contributed by atoms with E-state index in [0.717, 1.165) is 51.7 Å². The normalized spacial score (nSPS) is 25.3. The number of carbonyl (C=O) groups excluding carboxylic acids is 1. The van der Waals surface area contributed by atoms with Crippen LogP contribution in [0.5, 0.6) is 11.5 Å². The lowest BCUT2D eigenvalue weighted by atomic mass is 9.90. The minimum Gasteiger partial charge on any atom is -0.380 e. The van der Waals surface area contributed by atoms with Crippen molar-refractivity contribution in [3.05, 3.63) is 50.9 Å². The maximum atomic E-state index is 13.0. The molecule has 2 aromatic rings. The van der Waals surface area contributed by atoms with E-state index in [9.17, 15) is 9.59 Å². The third kappa shape index (κ3) is 5.27. The number of rotatable bonds is 7. The van der Waals surface area contributed by atoms with Crippen LogP contribution in [0.2, 0.25) is 0 Å². The average molecular weight is 517 g/mol. The molecule has 5 rings (SSSR count). The van der Waals surface area contributed by atoms with Crippen molar-refractivity contribution in [2.24, 2.45) is 5.73 Å². The van der Waals surface area contributed by atoms with E-state index in [1.54, 1.807) is 25.3 Å². The molecule has 194 valence electrons. The van der Waals surface area contributed by atoms with Gasteiger partial charge in [-0.25, -0.2) is 0 Å². The van der Waals surface area contributed by atoms with Gasteiger partial charge in [0.05, 0.1) is 12.6 Å². The average Bonchev–Trinajstić information content (AvgIpc) is 3.32. The van der Waals surface area contributed by atoms with Crippen LogP contribution in [0.1, 0.15) is 68.4 Å². The zero-order valence-electron chi connectivity index (χ0n) is 22.6. The molecule has 1 atom stereocenters. The SMILES string of the molecule is [2H]C([2H])(c1c(C(N)=O)ccc2c1ON(C1CCC(NC3CCCOC3)CC1)O2)c1c(SC)cc(C)[nH]c1=O. The maximum absolute atomic E-state index is 13.0. The van der Waals surface area contributed by atoms with Crippen molar-refractivity contribution < 1.29 is 21.9 Å². The summed E-state index contributed by atoms with van der Waals surface area (Å²) in [5, 5.41) is 5.12. The van der Waals surface area contributed by atoms with E-state index >= 15 is 0 Å². The van der Waals surface area contributed by atoms with Gasteiger partial charge >= 0.3 is 0 Å². The number of hydrogen-bond acceptors (Lipinski definition) is 8. The molecule has 0 bridgehead atoms. The third-order valence-electron chi connectivity index (χ3n) is 6.98. The van der Waals surface area contributed by atoms with Gasteiger partial charge in [0.25, 0.3) is 5.56 Å². The highest BCUT2D eigenvalue weighted by Gasteiger charge is 2.36.